The minimum absolute atomic E-state index is 0.0116. The van der Waals surface area contributed by atoms with Gasteiger partial charge in [0, 0.05) is 24.3 Å². The number of nitro benzene ring substituents is 2. The van der Waals surface area contributed by atoms with Crippen LogP contribution in [0.1, 0.15) is 21.5 Å². The van der Waals surface area contributed by atoms with Crippen molar-refractivity contribution in [2.45, 2.75) is 6.61 Å². The minimum Gasteiger partial charge on any atom is -0.496 e. The van der Waals surface area contributed by atoms with E-state index in [9.17, 15) is 25.0 Å². The van der Waals surface area contributed by atoms with Gasteiger partial charge in [-0.25, -0.2) is 5.43 Å². The smallest absolute Gasteiger partial charge is 0.275 e. The summed E-state index contributed by atoms with van der Waals surface area (Å²) in [5, 5.41) is 25.7. The third kappa shape index (κ3) is 6.84. The third-order valence-corrected chi connectivity index (χ3v) is 6.17. The summed E-state index contributed by atoms with van der Waals surface area (Å²) in [6.45, 7) is 0.235. The highest BCUT2D eigenvalue weighted by molar-refractivity contribution is 14.1. The quantitative estimate of drug-likeness (QED) is 0.142. The second kappa shape index (κ2) is 11.9. The number of nitrogens with one attached hydrogen (secondary N) is 1. The normalized spacial score (nSPS) is 10.7. The monoisotopic (exact) mass is 702 g/mol. The van der Waals surface area contributed by atoms with Crippen molar-refractivity contribution in [3.63, 3.8) is 0 Å². The maximum absolute atomic E-state index is 12.5. The lowest BCUT2D eigenvalue weighted by Crippen LogP contribution is -2.18. The lowest BCUT2D eigenvalue weighted by molar-refractivity contribution is -0.385. The Morgan fingerprint density at radius 2 is 1.60 bits per heavy atom. The van der Waals surface area contributed by atoms with Gasteiger partial charge in [-0.3, -0.25) is 25.0 Å². The number of non-ortho nitro benzene ring substituents is 2. The number of rotatable bonds is 9. The molecule has 3 aromatic carbocycles. The first-order valence-corrected chi connectivity index (χ1v) is 11.9. The van der Waals surface area contributed by atoms with Crippen LogP contribution in [0.25, 0.3) is 0 Å². The van der Waals surface area contributed by atoms with Crippen LogP contribution in [0.2, 0.25) is 0 Å². The molecule has 0 fully saturated rings. The lowest BCUT2D eigenvalue weighted by Gasteiger charge is -2.11. The molecule has 1 amide bonds. The van der Waals surface area contributed by atoms with Crippen LogP contribution in [-0.2, 0) is 6.61 Å². The SMILES string of the molecule is COc1ccc([N+](=O)[O-])cc1C(=O)N/N=C\c1cc(I)c(OCc2ccc([N+](=O)[O-])cc2)c(I)c1. The molecule has 0 heterocycles. The number of hydrazone groups is 1. The molecule has 1 N–H and O–H groups in total. The standard InChI is InChI=1S/C22H16I2N4O7/c1-34-20-7-6-16(28(32)33)10-17(20)22(29)26-25-11-14-8-18(23)21(19(24)9-14)35-12-13-2-4-15(5-3-13)27(30)31/h2-11H,12H2,1H3,(H,26,29)/b25-11-. The summed E-state index contributed by atoms with van der Waals surface area (Å²) < 4.78 is 12.6. The van der Waals surface area contributed by atoms with Gasteiger partial charge in [0.2, 0.25) is 0 Å². The van der Waals surface area contributed by atoms with Crippen molar-refractivity contribution < 1.29 is 24.1 Å². The van der Waals surface area contributed by atoms with Gasteiger partial charge in [-0.15, -0.1) is 0 Å². The minimum atomic E-state index is -0.658. The highest BCUT2D eigenvalue weighted by Crippen LogP contribution is 2.29. The molecule has 0 saturated carbocycles. The number of halogens is 2. The molecule has 0 saturated heterocycles. The van der Waals surface area contributed by atoms with Crippen molar-refractivity contribution in [1.29, 1.82) is 0 Å². The molecule has 0 aliphatic carbocycles. The first-order chi connectivity index (χ1) is 16.7. The largest absolute Gasteiger partial charge is 0.496 e. The van der Waals surface area contributed by atoms with E-state index in [1.165, 1.54) is 37.6 Å². The maximum Gasteiger partial charge on any atom is 0.275 e. The van der Waals surface area contributed by atoms with Crippen molar-refractivity contribution in [1.82, 2.24) is 5.43 Å². The Morgan fingerprint density at radius 3 is 2.17 bits per heavy atom. The predicted octanol–water partition coefficient (Wildman–Crippen LogP) is 5.06. The molecule has 13 heteroatoms. The van der Waals surface area contributed by atoms with Crippen molar-refractivity contribution in [2.75, 3.05) is 7.11 Å². The number of ether oxygens (including phenoxy) is 2. The van der Waals surface area contributed by atoms with E-state index >= 15 is 0 Å². The first-order valence-electron chi connectivity index (χ1n) is 9.70. The number of amides is 1. The van der Waals surface area contributed by atoms with Gasteiger partial charge in [-0.1, -0.05) is 0 Å². The van der Waals surface area contributed by atoms with Gasteiger partial charge in [0.05, 0.1) is 35.9 Å². The van der Waals surface area contributed by atoms with Gasteiger partial charge in [-0.05, 0) is 86.6 Å². The number of methoxy groups -OCH3 is 1. The molecule has 180 valence electrons. The number of nitrogens with zero attached hydrogens (tertiary/aromatic N) is 3. The fourth-order valence-electron chi connectivity index (χ4n) is 2.87. The van der Waals surface area contributed by atoms with Gasteiger partial charge < -0.3 is 9.47 Å². The first kappa shape index (κ1) is 26.3. The van der Waals surface area contributed by atoms with E-state index in [2.05, 4.69) is 55.7 Å². The van der Waals surface area contributed by atoms with Crippen LogP contribution in [0, 0.1) is 27.4 Å². The fraction of sp³-hybridized carbons (Fsp3) is 0.0909. The molecule has 35 heavy (non-hydrogen) atoms. The molecule has 0 aromatic heterocycles. The topological polar surface area (TPSA) is 146 Å². The van der Waals surface area contributed by atoms with E-state index in [-0.39, 0.29) is 29.3 Å². The van der Waals surface area contributed by atoms with Gasteiger partial charge in [0.1, 0.15) is 18.1 Å². The molecule has 0 aliphatic heterocycles. The molecule has 3 rings (SSSR count). The zero-order chi connectivity index (χ0) is 25.5. The van der Waals surface area contributed by atoms with Crippen molar-refractivity contribution >= 4 is 68.7 Å². The number of carbonyl (C=O) groups is 1. The summed E-state index contributed by atoms with van der Waals surface area (Å²) in [6.07, 6.45) is 1.44. The summed E-state index contributed by atoms with van der Waals surface area (Å²) in [7, 11) is 1.36. The van der Waals surface area contributed by atoms with Crippen LogP contribution < -0.4 is 14.9 Å². The van der Waals surface area contributed by atoms with Crippen molar-refractivity contribution in [3.8, 4) is 11.5 Å². The van der Waals surface area contributed by atoms with E-state index in [0.717, 1.165) is 18.8 Å². The number of hydrogen-bond donors (Lipinski definition) is 1. The van der Waals surface area contributed by atoms with Crippen LogP contribution in [0.3, 0.4) is 0 Å². The highest BCUT2D eigenvalue weighted by Gasteiger charge is 2.17. The van der Waals surface area contributed by atoms with E-state index in [1.807, 2.05) is 0 Å². The van der Waals surface area contributed by atoms with Crippen molar-refractivity contribution in [2.24, 2.45) is 5.10 Å². The molecule has 0 atom stereocenters. The molecule has 0 radical (unpaired) electrons. The Balaban J connectivity index is 1.68. The second-order valence-corrected chi connectivity index (χ2v) is 9.19. The average Bonchev–Trinajstić information content (AvgIpc) is 2.83. The van der Waals surface area contributed by atoms with Crippen LogP contribution in [-0.4, -0.2) is 29.1 Å². The summed E-state index contributed by atoms with van der Waals surface area (Å²) in [4.78, 5) is 33.2. The van der Waals surface area contributed by atoms with Gasteiger partial charge in [-0.2, -0.15) is 5.10 Å². The number of benzene rings is 3. The molecule has 0 bridgehead atoms. The van der Waals surface area contributed by atoms with E-state index < -0.39 is 15.8 Å². The Kier molecular flexibility index (Phi) is 8.91. The third-order valence-electron chi connectivity index (χ3n) is 4.57. The van der Waals surface area contributed by atoms with Crippen LogP contribution in [0.15, 0.2) is 59.7 Å². The molecule has 0 aliphatic rings. The summed E-state index contributed by atoms with van der Waals surface area (Å²) in [5.74, 6) is 0.170. The Bertz CT molecular complexity index is 1290. The molecule has 3 aromatic rings. The lowest BCUT2D eigenvalue weighted by atomic mass is 10.1. The van der Waals surface area contributed by atoms with Gasteiger partial charge in [0.15, 0.2) is 0 Å². The zero-order valence-corrected chi connectivity index (χ0v) is 22.3. The zero-order valence-electron chi connectivity index (χ0n) is 17.9. The molecule has 0 spiro atoms. The molecule has 0 unspecified atom stereocenters. The number of carbonyl (C=O) groups excluding carboxylic acids is 1. The van der Waals surface area contributed by atoms with E-state index in [0.29, 0.717) is 11.3 Å². The molecular weight excluding hydrogens is 686 g/mol. The fourth-order valence-corrected chi connectivity index (χ4v) is 5.00. The summed E-state index contributed by atoms with van der Waals surface area (Å²) >= 11 is 4.23. The Morgan fingerprint density at radius 1 is 1.00 bits per heavy atom. The highest BCUT2D eigenvalue weighted by atomic mass is 127. The Hall–Kier alpha value is -3.34. The average molecular weight is 702 g/mol. The molecule has 11 nitrogen and oxygen atoms in total. The van der Waals surface area contributed by atoms with Gasteiger partial charge in [0.25, 0.3) is 17.3 Å². The van der Waals surface area contributed by atoms with E-state index in [1.54, 1.807) is 24.3 Å². The van der Waals surface area contributed by atoms with Crippen LogP contribution in [0.4, 0.5) is 11.4 Å². The maximum atomic E-state index is 12.5. The van der Waals surface area contributed by atoms with E-state index in [4.69, 9.17) is 9.47 Å². The van der Waals surface area contributed by atoms with Gasteiger partial charge >= 0.3 is 0 Å². The summed E-state index contributed by atoms with van der Waals surface area (Å²) in [5.41, 5.74) is 3.57. The molecular formula is C22H16I2N4O7. The summed E-state index contributed by atoms with van der Waals surface area (Å²) in [6, 6.07) is 13.4. The predicted molar refractivity (Wildman–Crippen MR) is 144 cm³/mol. The number of nitro groups is 2. The number of hydrogen-bond acceptors (Lipinski definition) is 8. The van der Waals surface area contributed by atoms with Crippen LogP contribution in [0.5, 0.6) is 11.5 Å². The van der Waals surface area contributed by atoms with Crippen molar-refractivity contribution in [3.05, 3.63) is 98.7 Å². The Labute approximate surface area is 226 Å². The van der Waals surface area contributed by atoms with Crippen LogP contribution >= 0.6 is 45.2 Å². The second-order valence-electron chi connectivity index (χ2n) is 6.87.